The van der Waals surface area contributed by atoms with Crippen LogP contribution in [-0.2, 0) is 16.0 Å². The van der Waals surface area contributed by atoms with E-state index in [1.54, 1.807) is 29.2 Å². The Morgan fingerprint density at radius 2 is 1.50 bits per heavy atom. The van der Waals surface area contributed by atoms with Crippen LogP contribution in [0.3, 0.4) is 0 Å². The van der Waals surface area contributed by atoms with Crippen molar-refractivity contribution in [1.82, 2.24) is 15.1 Å². The third kappa shape index (κ3) is 6.83. The molecule has 0 aliphatic carbocycles. The minimum absolute atomic E-state index is 0.0585. The van der Waals surface area contributed by atoms with Crippen LogP contribution in [0.2, 0.25) is 0 Å². The van der Waals surface area contributed by atoms with Gasteiger partial charge in [0.05, 0.1) is 13.2 Å². The first-order valence-corrected chi connectivity index (χ1v) is 11.2. The van der Waals surface area contributed by atoms with Gasteiger partial charge in [-0.05, 0) is 49.6 Å². The molecule has 3 amide bonds. The van der Waals surface area contributed by atoms with E-state index in [-0.39, 0.29) is 24.3 Å². The maximum absolute atomic E-state index is 12.5. The van der Waals surface area contributed by atoms with Crippen LogP contribution in [0, 0.1) is 0 Å². The minimum Gasteiger partial charge on any atom is -0.494 e. The third-order valence-electron chi connectivity index (χ3n) is 5.51. The van der Waals surface area contributed by atoms with E-state index >= 15 is 0 Å². The molecule has 1 aliphatic rings. The summed E-state index contributed by atoms with van der Waals surface area (Å²) in [5.74, 6) is 0.401. The number of ether oxygens (including phenoxy) is 1. The molecule has 1 heterocycles. The molecule has 0 unspecified atom stereocenters. The van der Waals surface area contributed by atoms with Crippen molar-refractivity contribution in [2.24, 2.45) is 0 Å². The van der Waals surface area contributed by atoms with Gasteiger partial charge in [-0.2, -0.15) is 0 Å². The zero-order valence-corrected chi connectivity index (χ0v) is 18.6. The fourth-order valence-corrected chi connectivity index (χ4v) is 3.69. The molecule has 0 spiro atoms. The van der Waals surface area contributed by atoms with Crippen LogP contribution >= 0.6 is 0 Å². The van der Waals surface area contributed by atoms with E-state index in [0.717, 1.165) is 12.8 Å². The van der Waals surface area contributed by atoms with E-state index in [1.807, 2.05) is 30.0 Å². The number of amides is 3. The Hall–Kier alpha value is -3.35. The van der Waals surface area contributed by atoms with Crippen molar-refractivity contribution in [3.8, 4) is 5.75 Å². The Morgan fingerprint density at radius 3 is 2.12 bits per heavy atom. The van der Waals surface area contributed by atoms with Crippen LogP contribution < -0.4 is 10.1 Å². The van der Waals surface area contributed by atoms with Crippen molar-refractivity contribution in [3.05, 3.63) is 65.7 Å². The predicted molar refractivity (Wildman–Crippen MR) is 122 cm³/mol. The molecule has 170 valence electrons. The number of hydrogen-bond donors (Lipinski definition) is 1. The molecule has 7 heteroatoms. The van der Waals surface area contributed by atoms with Gasteiger partial charge in [0.25, 0.3) is 5.91 Å². The minimum atomic E-state index is -0.298. The summed E-state index contributed by atoms with van der Waals surface area (Å²) < 4.78 is 5.36. The van der Waals surface area contributed by atoms with Crippen LogP contribution in [-0.4, -0.2) is 66.9 Å². The summed E-state index contributed by atoms with van der Waals surface area (Å²) in [5.41, 5.74) is 1.72. The van der Waals surface area contributed by atoms with Crippen molar-refractivity contribution in [2.75, 3.05) is 39.3 Å². The van der Waals surface area contributed by atoms with Crippen LogP contribution in [0.4, 0.5) is 0 Å². The summed E-state index contributed by atoms with van der Waals surface area (Å²) in [6.45, 7) is 4.44. The van der Waals surface area contributed by atoms with Gasteiger partial charge in [-0.15, -0.1) is 0 Å². The first kappa shape index (κ1) is 23.3. The average Bonchev–Trinajstić information content (AvgIpc) is 2.83. The molecule has 0 aromatic heterocycles. The standard InChI is InChI=1S/C25H31N3O4/c1-2-32-22-13-11-21(12-14-22)25(31)26-19-24(30)28-17-15-27(16-18-28)23(29)10-6-9-20-7-4-3-5-8-20/h3-5,7-8,11-14H,2,6,9-10,15-19H2,1H3,(H,26,31). The predicted octanol–water partition coefficient (Wildman–Crippen LogP) is 2.51. The number of rotatable bonds is 9. The van der Waals surface area contributed by atoms with Gasteiger partial charge >= 0.3 is 0 Å². The summed E-state index contributed by atoms with van der Waals surface area (Å²) in [5, 5.41) is 2.67. The van der Waals surface area contributed by atoms with Crippen molar-refractivity contribution < 1.29 is 19.1 Å². The molecule has 32 heavy (non-hydrogen) atoms. The van der Waals surface area contributed by atoms with Crippen LogP contribution in [0.25, 0.3) is 0 Å². The summed E-state index contributed by atoms with van der Waals surface area (Å²) in [4.78, 5) is 40.7. The molecule has 3 rings (SSSR count). The highest BCUT2D eigenvalue weighted by Gasteiger charge is 2.24. The number of carbonyl (C=O) groups excluding carboxylic acids is 3. The topological polar surface area (TPSA) is 79.0 Å². The van der Waals surface area contributed by atoms with E-state index in [4.69, 9.17) is 4.74 Å². The molecule has 1 fully saturated rings. The summed E-state index contributed by atoms with van der Waals surface area (Å²) in [6.07, 6.45) is 2.22. The number of carbonyl (C=O) groups is 3. The lowest BCUT2D eigenvalue weighted by Gasteiger charge is -2.35. The molecule has 2 aromatic rings. The number of piperazine rings is 1. The molecule has 7 nitrogen and oxygen atoms in total. The Balaban J connectivity index is 1.35. The van der Waals surface area contributed by atoms with Gasteiger partial charge in [0.15, 0.2) is 0 Å². The Morgan fingerprint density at radius 1 is 0.875 bits per heavy atom. The maximum atomic E-state index is 12.5. The Kier molecular flexibility index (Phi) is 8.66. The van der Waals surface area contributed by atoms with Gasteiger partial charge in [0, 0.05) is 38.2 Å². The Labute approximate surface area is 189 Å². The van der Waals surface area contributed by atoms with E-state index in [0.29, 0.717) is 50.5 Å². The number of aryl methyl sites for hydroxylation is 1. The number of nitrogens with zero attached hydrogens (tertiary/aromatic N) is 2. The second-order valence-electron chi connectivity index (χ2n) is 7.74. The van der Waals surface area contributed by atoms with Gasteiger partial charge in [0.1, 0.15) is 5.75 Å². The zero-order chi connectivity index (χ0) is 22.8. The van der Waals surface area contributed by atoms with Gasteiger partial charge < -0.3 is 19.9 Å². The lowest BCUT2D eigenvalue weighted by atomic mass is 10.1. The fraction of sp³-hybridized carbons (Fsp3) is 0.400. The molecule has 1 saturated heterocycles. The molecule has 2 aromatic carbocycles. The van der Waals surface area contributed by atoms with E-state index in [2.05, 4.69) is 17.4 Å². The van der Waals surface area contributed by atoms with Gasteiger partial charge in [-0.25, -0.2) is 0 Å². The van der Waals surface area contributed by atoms with Crippen molar-refractivity contribution in [1.29, 1.82) is 0 Å². The largest absolute Gasteiger partial charge is 0.494 e. The summed E-state index contributed by atoms with van der Waals surface area (Å²) in [7, 11) is 0. The van der Waals surface area contributed by atoms with Crippen molar-refractivity contribution in [3.63, 3.8) is 0 Å². The smallest absolute Gasteiger partial charge is 0.251 e. The molecule has 0 atom stereocenters. The highest BCUT2D eigenvalue weighted by Crippen LogP contribution is 2.12. The molecular formula is C25H31N3O4. The van der Waals surface area contributed by atoms with Crippen LogP contribution in [0.15, 0.2) is 54.6 Å². The van der Waals surface area contributed by atoms with Crippen LogP contribution in [0.5, 0.6) is 5.75 Å². The monoisotopic (exact) mass is 437 g/mol. The lowest BCUT2D eigenvalue weighted by Crippen LogP contribution is -2.52. The highest BCUT2D eigenvalue weighted by molar-refractivity contribution is 5.96. The Bertz CT molecular complexity index is 891. The average molecular weight is 438 g/mol. The van der Waals surface area contributed by atoms with Crippen LogP contribution in [0.1, 0.15) is 35.7 Å². The van der Waals surface area contributed by atoms with Gasteiger partial charge in [-0.3, -0.25) is 14.4 Å². The molecular weight excluding hydrogens is 406 g/mol. The third-order valence-corrected chi connectivity index (χ3v) is 5.51. The zero-order valence-electron chi connectivity index (χ0n) is 18.6. The summed E-state index contributed by atoms with van der Waals surface area (Å²) >= 11 is 0. The quantitative estimate of drug-likeness (QED) is 0.654. The molecule has 1 N–H and O–H groups in total. The molecule has 1 aliphatic heterocycles. The summed E-state index contributed by atoms with van der Waals surface area (Å²) in [6, 6.07) is 17.0. The van der Waals surface area contributed by atoms with Crippen molar-refractivity contribution in [2.45, 2.75) is 26.2 Å². The first-order chi connectivity index (χ1) is 15.6. The first-order valence-electron chi connectivity index (χ1n) is 11.2. The van der Waals surface area contributed by atoms with Gasteiger partial charge in [0.2, 0.25) is 11.8 Å². The SMILES string of the molecule is CCOc1ccc(C(=O)NCC(=O)N2CCN(C(=O)CCCc3ccccc3)CC2)cc1. The van der Waals surface area contributed by atoms with E-state index in [9.17, 15) is 14.4 Å². The van der Waals surface area contributed by atoms with E-state index < -0.39 is 0 Å². The highest BCUT2D eigenvalue weighted by atomic mass is 16.5. The van der Waals surface area contributed by atoms with Gasteiger partial charge in [-0.1, -0.05) is 30.3 Å². The number of nitrogens with one attached hydrogen (secondary N) is 1. The number of benzene rings is 2. The maximum Gasteiger partial charge on any atom is 0.251 e. The van der Waals surface area contributed by atoms with Crippen molar-refractivity contribution >= 4 is 17.7 Å². The number of hydrogen-bond acceptors (Lipinski definition) is 4. The lowest BCUT2D eigenvalue weighted by molar-refractivity contribution is -0.139. The molecule has 0 bridgehead atoms. The molecule has 0 saturated carbocycles. The second kappa shape index (κ2) is 11.9. The fourth-order valence-electron chi connectivity index (χ4n) is 3.69. The van der Waals surface area contributed by atoms with E-state index in [1.165, 1.54) is 5.56 Å². The second-order valence-corrected chi connectivity index (χ2v) is 7.74. The molecule has 0 radical (unpaired) electrons. The normalized spacial score (nSPS) is 13.5.